The molecule has 2 aliphatic rings. The van der Waals surface area contributed by atoms with Crippen LogP contribution in [-0.2, 0) is 16.0 Å². The second-order valence-electron chi connectivity index (χ2n) is 7.95. The Kier molecular flexibility index (Phi) is 5.57. The summed E-state index contributed by atoms with van der Waals surface area (Å²) in [5.41, 5.74) is 1.99. The van der Waals surface area contributed by atoms with Crippen LogP contribution in [0.3, 0.4) is 0 Å². The van der Waals surface area contributed by atoms with E-state index in [0.29, 0.717) is 18.5 Å². The summed E-state index contributed by atoms with van der Waals surface area (Å²) >= 11 is 0. The maximum Gasteiger partial charge on any atom is 0.325 e. The molecule has 1 spiro atoms. The summed E-state index contributed by atoms with van der Waals surface area (Å²) in [5.74, 6) is -0.322. The van der Waals surface area contributed by atoms with Crippen LogP contribution in [0.5, 0.6) is 0 Å². The summed E-state index contributed by atoms with van der Waals surface area (Å²) in [6.07, 6.45) is 5.22. The first-order valence-corrected chi connectivity index (χ1v) is 10.5. The van der Waals surface area contributed by atoms with Gasteiger partial charge in [0.25, 0.3) is 5.91 Å². The molecule has 0 bridgehead atoms. The van der Waals surface area contributed by atoms with Gasteiger partial charge in [-0.3, -0.25) is 19.8 Å². The highest BCUT2D eigenvalue weighted by Gasteiger charge is 2.51. The van der Waals surface area contributed by atoms with Crippen LogP contribution in [-0.4, -0.2) is 40.0 Å². The smallest absolute Gasteiger partial charge is 0.325 e. The number of hydrogen-bond acceptors (Lipinski definition) is 5. The summed E-state index contributed by atoms with van der Waals surface area (Å²) in [7, 11) is 0. The number of carbonyl (C=O) groups is 3. The molecular weight excluding hydrogens is 384 g/mol. The molecule has 158 valence electrons. The third-order valence-electron chi connectivity index (χ3n) is 5.95. The molecule has 2 heterocycles. The second-order valence-corrected chi connectivity index (χ2v) is 7.95. The number of benzene rings is 1. The van der Waals surface area contributed by atoms with Crippen molar-refractivity contribution in [3.8, 4) is 11.3 Å². The predicted octanol–water partition coefficient (Wildman–Crippen LogP) is 3.49. The van der Waals surface area contributed by atoms with Crippen LogP contribution in [0.25, 0.3) is 11.3 Å². The number of aryl methyl sites for hydroxylation is 1. The summed E-state index contributed by atoms with van der Waals surface area (Å²) in [6, 6.07) is 9.22. The molecule has 4 amide bonds. The van der Waals surface area contributed by atoms with Gasteiger partial charge in [-0.2, -0.15) is 0 Å². The van der Waals surface area contributed by atoms with Gasteiger partial charge in [0.2, 0.25) is 11.8 Å². The zero-order valence-electron chi connectivity index (χ0n) is 17.1. The van der Waals surface area contributed by atoms with Crippen LogP contribution >= 0.6 is 0 Å². The van der Waals surface area contributed by atoms with Crippen molar-refractivity contribution in [3.05, 3.63) is 35.9 Å². The topological polar surface area (TPSA) is 105 Å². The van der Waals surface area contributed by atoms with Crippen molar-refractivity contribution in [1.82, 2.24) is 15.4 Å². The Labute approximate surface area is 175 Å². The first kappa shape index (κ1) is 20.1. The molecule has 2 fully saturated rings. The van der Waals surface area contributed by atoms with Gasteiger partial charge in [0.1, 0.15) is 11.2 Å². The number of rotatable bonds is 6. The lowest BCUT2D eigenvalue weighted by molar-refractivity contribution is -0.132. The lowest BCUT2D eigenvalue weighted by Crippen LogP contribution is -2.48. The summed E-state index contributed by atoms with van der Waals surface area (Å²) in [5, 5.41) is 9.49. The van der Waals surface area contributed by atoms with E-state index in [1.807, 2.05) is 24.3 Å². The number of anilines is 1. The molecule has 1 saturated carbocycles. The third-order valence-corrected chi connectivity index (χ3v) is 5.95. The van der Waals surface area contributed by atoms with E-state index >= 15 is 0 Å². The fraction of sp³-hybridized carbons (Fsp3) is 0.455. The van der Waals surface area contributed by atoms with Crippen molar-refractivity contribution in [2.45, 2.75) is 57.4 Å². The minimum atomic E-state index is -0.765. The third kappa shape index (κ3) is 3.94. The molecule has 1 aliphatic carbocycles. The molecule has 1 saturated heterocycles. The van der Waals surface area contributed by atoms with E-state index in [9.17, 15) is 14.4 Å². The lowest BCUT2D eigenvalue weighted by atomic mass is 9.82. The Morgan fingerprint density at radius 1 is 1.20 bits per heavy atom. The summed E-state index contributed by atoms with van der Waals surface area (Å²) in [6.45, 7) is 2.13. The fourth-order valence-corrected chi connectivity index (χ4v) is 4.17. The Hall–Kier alpha value is -3.16. The van der Waals surface area contributed by atoms with Gasteiger partial charge in [-0.25, -0.2) is 4.79 Å². The van der Waals surface area contributed by atoms with E-state index in [1.165, 1.54) is 5.56 Å². The standard InChI is InChI=1S/C22H26N4O4/c1-2-15-6-8-16(9-7-15)17-14-19(30-25-17)23-18(27)10-13-26-20(28)22(24-21(26)29)11-4-3-5-12-22/h6-9,14H,2-5,10-13H2,1H3,(H,23,27)(H,24,29). The molecule has 0 atom stereocenters. The van der Waals surface area contributed by atoms with Gasteiger partial charge < -0.3 is 9.84 Å². The number of nitrogens with one attached hydrogen (secondary N) is 2. The fourth-order valence-electron chi connectivity index (χ4n) is 4.17. The van der Waals surface area contributed by atoms with Crippen molar-refractivity contribution in [3.63, 3.8) is 0 Å². The normalized spacial score (nSPS) is 18.0. The van der Waals surface area contributed by atoms with E-state index in [2.05, 4.69) is 22.7 Å². The number of amides is 4. The van der Waals surface area contributed by atoms with Crippen LogP contribution in [0, 0.1) is 0 Å². The van der Waals surface area contributed by atoms with Crippen molar-refractivity contribution in [2.24, 2.45) is 0 Å². The molecule has 1 aromatic heterocycles. The first-order chi connectivity index (χ1) is 14.5. The maximum atomic E-state index is 12.8. The van der Waals surface area contributed by atoms with E-state index in [1.54, 1.807) is 6.07 Å². The zero-order valence-corrected chi connectivity index (χ0v) is 17.1. The average molecular weight is 410 g/mol. The van der Waals surface area contributed by atoms with Crippen LogP contribution in [0.15, 0.2) is 34.9 Å². The van der Waals surface area contributed by atoms with E-state index in [4.69, 9.17) is 4.52 Å². The molecule has 1 aromatic carbocycles. The maximum absolute atomic E-state index is 12.8. The van der Waals surface area contributed by atoms with Gasteiger partial charge in [0, 0.05) is 24.6 Å². The molecule has 2 N–H and O–H groups in total. The van der Waals surface area contributed by atoms with Crippen LogP contribution in [0.1, 0.15) is 51.0 Å². The number of aromatic nitrogens is 1. The van der Waals surface area contributed by atoms with E-state index in [0.717, 1.165) is 36.1 Å². The SMILES string of the molecule is CCc1ccc(-c2cc(NC(=O)CCN3C(=O)NC4(CCCCC4)C3=O)on2)cc1. The van der Waals surface area contributed by atoms with Gasteiger partial charge in [-0.15, -0.1) is 0 Å². The molecular formula is C22H26N4O4. The minimum Gasteiger partial charge on any atom is -0.338 e. The number of imide groups is 1. The zero-order chi connectivity index (χ0) is 21.1. The number of urea groups is 1. The highest BCUT2D eigenvalue weighted by molar-refractivity contribution is 6.07. The predicted molar refractivity (Wildman–Crippen MR) is 111 cm³/mol. The van der Waals surface area contributed by atoms with Gasteiger partial charge in [0.05, 0.1) is 0 Å². The molecule has 1 aliphatic heterocycles. The minimum absolute atomic E-state index is 0.00350. The molecule has 8 heteroatoms. The molecule has 8 nitrogen and oxygen atoms in total. The average Bonchev–Trinajstić information content (AvgIpc) is 3.30. The highest BCUT2D eigenvalue weighted by atomic mass is 16.5. The summed E-state index contributed by atoms with van der Waals surface area (Å²) < 4.78 is 5.21. The number of hydrogen-bond donors (Lipinski definition) is 2. The van der Waals surface area contributed by atoms with Crippen molar-refractivity contribution < 1.29 is 18.9 Å². The van der Waals surface area contributed by atoms with Gasteiger partial charge >= 0.3 is 6.03 Å². The van der Waals surface area contributed by atoms with Crippen molar-refractivity contribution >= 4 is 23.7 Å². The van der Waals surface area contributed by atoms with Crippen molar-refractivity contribution in [1.29, 1.82) is 0 Å². The van der Waals surface area contributed by atoms with Crippen LogP contribution < -0.4 is 10.6 Å². The van der Waals surface area contributed by atoms with Crippen molar-refractivity contribution in [2.75, 3.05) is 11.9 Å². The lowest BCUT2D eigenvalue weighted by Gasteiger charge is -2.30. The first-order valence-electron chi connectivity index (χ1n) is 10.5. The number of carbonyl (C=O) groups excluding carboxylic acids is 3. The van der Waals surface area contributed by atoms with Crippen LogP contribution in [0.2, 0.25) is 0 Å². The highest BCUT2D eigenvalue weighted by Crippen LogP contribution is 2.33. The van der Waals surface area contributed by atoms with E-state index < -0.39 is 11.6 Å². The van der Waals surface area contributed by atoms with Gasteiger partial charge in [-0.1, -0.05) is 55.6 Å². The Balaban J connectivity index is 1.32. The molecule has 2 aromatic rings. The largest absolute Gasteiger partial charge is 0.338 e. The Morgan fingerprint density at radius 3 is 2.63 bits per heavy atom. The second kappa shape index (κ2) is 8.30. The molecule has 0 unspecified atom stereocenters. The quantitative estimate of drug-likeness (QED) is 0.710. The Morgan fingerprint density at radius 2 is 1.93 bits per heavy atom. The molecule has 0 radical (unpaired) electrons. The molecule has 4 rings (SSSR count). The van der Waals surface area contributed by atoms with E-state index in [-0.39, 0.29) is 30.7 Å². The van der Waals surface area contributed by atoms with Gasteiger partial charge in [-0.05, 0) is 24.8 Å². The number of nitrogens with zero attached hydrogens (tertiary/aromatic N) is 2. The molecule has 30 heavy (non-hydrogen) atoms. The Bertz CT molecular complexity index is 944. The van der Waals surface area contributed by atoms with Gasteiger partial charge in [0.15, 0.2) is 0 Å². The van der Waals surface area contributed by atoms with Crippen LogP contribution in [0.4, 0.5) is 10.7 Å². The summed E-state index contributed by atoms with van der Waals surface area (Å²) in [4.78, 5) is 38.5. The monoisotopic (exact) mass is 410 g/mol.